The maximum atomic E-state index is 13.9. The lowest BCUT2D eigenvalue weighted by Gasteiger charge is -2.23. The van der Waals surface area contributed by atoms with Gasteiger partial charge in [0.05, 0.1) is 36.4 Å². The number of nitro groups is 1. The molecule has 0 bridgehead atoms. The highest BCUT2D eigenvalue weighted by atomic mass is 19.1. The van der Waals surface area contributed by atoms with E-state index in [0.29, 0.717) is 38.4 Å². The monoisotopic (exact) mass is 268 g/mol. The average Bonchev–Trinajstić information content (AvgIpc) is 3.00. The van der Waals surface area contributed by atoms with Crippen LogP contribution in [0.15, 0.2) is 18.2 Å². The number of halogens is 1. The van der Waals surface area contributed by atoms with Crippen LogP contribution in [-0.4, -0.2) is 37.0 Å². The van der Waals surface area contributed by atoms with E-state index in [1.165, 1.54) is 12.1 Å². The topological polar surface area (TPSA) is 64.8 Å². The van der Waals surface area contributed by atoms with Crippen LogP contribution in [0.1, 0.15) is 6.42 Å². The number of nitro benzene ring substituents is 1. The Morgan fingerprint density at radius 3 is 2.74 bits per heavy atom. The van der Waals surface area contributed by atoms with Crippen LogP contribution in [0.2, 0.25) is 0 Å². The van der Waals surface area contributed by atoms with Crippen LogP contribution in [0.25, 0.3) is 0 Å². The van der Waals surface area contributed by atoms with Gasteiger partial charge in [0.15, 0.2) is 11.6 Å². The Labute approximate surface area is 108 Å². The number of hydrogen-bond donors (Lipinski definition) is 0. The Hall–Kier alpha value is -1.73. The molecule has 0 saturated carbocycles. The quantitative estimate of drug-likeness (QED) is 0.603. The minimum Gasteiger partial charge on any atom is -0.364 e. The zero-order valence-corrected chi connectivity index (χ0v) is 10.2. The van der Waals surface area contributed by atoms with Crippen molar-refractivity contribution in [2.24, 2.45) is 0 Å². The Bertz CT molecular complexity index is 516. The lowest BCUT2D eigenvalue weighted by Crippen LogP contribution is -2.34. The van der Waals surface area contributed by atoms with Crippen LogP contribution >= 0.6 is 0 Å². The van der Waals surface area contributed by atoms with E-state index in [9.17, 15) is 14.5 Å². The summed E-state index contributed by atoms with van der Waals surface area (Å²) >= 11 is 0. The molecule has 0 amide bonds. The molecule has 2 saturated heterocycles. The lowest BCUT2D eigenvalue weighted by atomic mass is 10.2. The molecular weight excluding hydrogens is 255 g/mol. The van der Waals surface area contributed by atoms with Crippen LogP contribution in [0.5, 0.6) is 0 Å². The van der Waals surface area contributed by atoms with E-state index in [2.05, 4.69) is 0 Å². The van der Waals surface area contributed by atoms with Gasteiger partial charge in [-0.1, -0.05) is 0 Å². The lowest BCUT2D eigenvalue weighted by molar-refractivity contribution is -0.385. The van der Waals surface area contributed by atoms with Crippen molar-refractivity contribution in [3.05, 3.63) is 34.1 Å². The molecule has 102 valence electrons. The molecule has 3 rings (SSSR count). The fraction of sp³-hybridized carbons (Fsp3) is 0.500. The molecule has 2 aliphatic heterocycles. The van der Waals surface area contributed by atoms with E-state index in [4.69, 9.17) is 9.47 Å². The molecule has 0 atom stereocenters. The van der Waals surface area contributed by atoms with Gasteiger partial charge in [-0.3, -0.25) is 10.1 Å². The second-order valence-corrected chi connectivity index (χ2v) is 4.67. The molecule has 1 aromatic carbocycles. The van der Waals surface area contributed by atoms with Gasteiger partial charge in [0, 0.05) is 19.0 Å². The van der Waals surface area contributed by atoms with E-state index in [1.54, 1.807) is 4.90 Å². The van der Waals surface area contributed by atoms with Crippen molar-refractivity contribution in [1.82, 2.24) is 0 Å². The summed E-state index contributed by atoms with van der Waals surface area (Å²) in [5, 5.41) is 10.6. The molecule has 0 aromatic heterocycles. The molecule has 2 heterocycles. The third-order valence-electron chi connectivity index (χ3n) is 3.49. The highest BCUT2D eigenvalue weighted by Gasteiger charge is 2.43. The summed E-state index contributed by atoms with van der Waals surface area (Å²) in [6.45, 7) is 2.16. The van der Waals surface area contributed by atoms with Gasteiger partial charge in [0.1, 0.15) is 0 Å². The van der Waals surface area contributed by atoms with Gasteiger partial charge in [0.25, 0.3) is 5.69 Å². The summed E-state index contributed by atoms with van der Waals surface area (Å²) in [7, 11) is 0. The smallest absolute Gasteiger partial charge is 0.272 e. The van der Waals surface area contributed by atoms with E-state index in [0.717, 1.165) is 6.07 Å². The highest BCUT2D eigenvalue weighted by Crippen LogP contribution is 2.35. The molecule has 0 aliphatic carbocycles. The van der Waals surface area contributed by atoms with E-state index < -0.39 is 16.5 Å². The summed E-state index contributed by atoms with van der Waals surface area (Å²) < 4.78 is 25.0. The number of benzene rings is 1. The van der Waals surface area contributed by atoms with Crippen LogP contribution < -0.4 is 4.90 Å². The first kappa shape index (κ1) is 12.3. The normalized spacial score (nSPS) is 21.2. The summed E-state index contributed by atoms with van der Waals surface area (Å²) in [6.07, 6.45) is 0.670. The van der Waals surface area contributed by atoms with Crippen molar-refractivity contribution >= 4 is 11.4 Å². The Morgan fingerprint density at radius 2 is 2.11 bits per heavy atom. The molecule has 2 fully saturated rings. The SMILES string of the molecule is O=[N+]([O-])c1ccc(N2CCC3(C2)OCCO3)c(F)c1. The van der Waals surface area contributed by atoms with Crippen molar-refractivity contribution in [1.29, 1.82) is 0 Å². The first-order valence-corrected chi connectivity index (χ1v) is 6.06. The Kier molecular flexibility index (Phi) is 2.87. The third-order valence-corrected chi connectivity index (χ3v) is 3.49. The maximum Gasteiger partial charge on any atom is 0.272 e. The number of nitrogens with zero attached hydrogens (tertiary/aromatic N) is 2. The van der Waals surface area contributed by atoms with Gasteiger partial charge in [-0.25, -0.2) is 4.39 Å². The van der Waals surface area contributed by atoms with Gasteiger partial charge < -0.3 is 14.4 Å². The molecule has 0 radical (unpaired) electrons. The van der Waals surface area contributed by atoms with E-state index in [-0.39, 0.29) is 5.69 Å². The molecule has 1 aromatic rings. The van der Waals surface area contributed by atoms with Gasteiger partial charge in [-0.05, 0) is 6.07 Å². The van der Waals surface area contributed by atoms with Crippen molar-refractivity contribution in [3.8, 4) is 0 Å². The minimum atomic E-state index is -0.631. The van der Waals surface area contributed by atoms with Crippen molar-refractivity contribution in [2.75, 3.05) is 31.2 Å². The minimum absolute atomic E-state index is 0.247. The fourth-order valence-corrected chi connectivity index (χ4v) is 2.56. The van der Waals surface area contributed by atoms with Crippen LogP contribution in [0.4, 0.5) is 15.8 Å². The largest absolute Gasteiger partial charge is 0.364 e. The zero-order chi connectivity index (χ0) is 13.5. The summed E-state index contributed by atoms with van der Waals surface area (Å²) in [4.78, 5) is 11.8. The molecule has 6 nitrogen and oxygen atoms in total. The summed E-state index contributed by atoms with van der Waals surface area (Å²) in [5.74, 6) is -1.22. The maximum absolute atomic E-state index is 13.9. The first-order chi connectivity index (χ1) is 9.10. The Morgan fingerprint density at radius 1 is 1.37 bits per heavy atom. The highest BCUT2D eigenvalue weighted by molar-refractivity contribution is 5.53. The molecule has 2 aliphatic rings. The molecule has 0 unspecified atom stereocenters. The standard InChI is InChI=1S/C12H13FN2O4/c13-10-7-9(15(16)17)1-2-11(10)14-4-3-12(8-14)18-5-6-19-12/h1-2,7H,3-6,8H2. The average molecular weight is 268 g/mol. The van der Waals surface area contributed by atoms with Gasteiger partial charge >= 0.3 is 0 Å². The van der Waals surface area contributed by atoms with Crippen LogP contribution in [-0.2, 0) is 9.47 Å². The van der Waals surface area contributed by atoms with E-state index >= 15 is 0 Å². The van der Waals surface area contributed by atoms with Crippen molar-refractivity contribution in [3.63, 3.8) is 0 Å². The second-order valence-electron chi connectivity index (χ2n) is 4.67. The van der Waals surface area contributed by atoms with Crippen LogP contribution in [0, 0.1) is 15.9 Å². The second kappa shape index (κ2) is 4.43. The molecule has 1 spiro atoms. The third kappa shape index (κ3) is 2.15. The predicted octanol–water partition coefficient (Wildman–Crippen LogP) is 1.69. The number of anilines is 1. The van der Waals surface area contributed by atoms with Gasteiger partial charge in [-0.15, -0.1) is 0 Å². The van der Waals surface area contributed by atoms with Gasteiger partial charge in [0.2, 0.25) is 0 Å². The molecule has 0 N–H and O–H groups in total. The summed E-state index contributed by atoms with van der Waals surface area (Å²) in [5.41, 5.74) is 0.102. The van der Waals surface area contributed by atoms with Crippen molar-refractivity contribution < 1.29 is 18.8 Å². The van der Waals surface area contributed by atoms with Crippen LogP contribution in [0.3, 0.4) is 0 Å². The fourth-order valence-electron chi connectivity index (χ4n) is 2.56. The molecule has 19 heavy (non-hydrogen) atoms. The zero-order valence-electron chi connectivity index (χ0n) is 10.2. The van der Waals surface area contributed by atoms with Crippen molar-refractivity contribution in [2.45, 2.75) is 12.2 Å². The first-order valence-electron chi connectivity index (χ1n) is 6.06. The number of ether oxygens (including phenoxy) is 2. The predicted molar refractivity (Wildman–Crippen MR) is 64.5 cm³/mol. The molecule has 7 heteroatoms. The molecular formula is C12H13FN2O4. The number of non-ortho nitro benzene ring substituents is 1. The number of hydrogen-bond acceptors (Lipinski definition) is 5. The summed E-state index contributed by atoms with van der Waals surface area (Å²) in [6, 6.07) is 3.68. The van der Waals surface area contributed by atoms with E-state index in [1.807, 2.05) is 0 Å². The number of rotatable bonds is 2. The van der Waals surface area contributed by atoms with Gasteiger partial charge in [-0.2, -0.15) is 0 Å². The Balaban J connectivity index is 1.82.